The molecule has 0 spiro atoms. The molecule has 0 saturated heterocycles. The highest BCUT2D eigenvalue weighted by atomic mass is 16.4. The minimum atomic E-state index is -0.838. The van der Waals surface area contributed by atoms with Gasteiger partial charge in [-0.15, -0.1) is 0 Å². The second-order valence-corrected chi connectivity index (χ2v) is 2.21. The Labute approximate surface area is 54.0 Å². The number of rotatable bonds is 2. The molecule has 1 atom stereocenters. The Kier molecular flexibility index (Phi) is 3.01. The summed E-state index contributed by atoms with van der Waals surface area (Å²) in [6, 6.07) is 0. The Morgan fingerprint density at radius 3 is 2.11 bits per heavy atom. The zero-order chi connectivity index (χ0) is 7.44. The first-order valence-electron chi connectivity index (χ1n) is 2.75. The smallest absolute Gasteiger partial charge is 0.168 e. The van der Waals surface area contributed by atoms with E-state index < -0.39 is 6.10 Å². The summed E-state index contributed by atoms with van der Waals surface area (Å²) in [6.45, 7) is 3.56. The minimum absolute atomic E-state index is 0.0131. The molecular formula is C5H12N2O2. The normalized spacial score (nSPS) is 16.2. The van der Waals surface area contributed by atoms with Gasteiger partial charge in [0.2, 0.25) is 0 Å². The van der Waals surface area contributed by atoms with Gasteiger partial charge < -0.3 is 16.0 Å². The molecule has 4 heteroatoms. The predicted molar refractivity (Wildman–Crippen MR) is 34.3 cm³/mol. The van der Waals surface area contributed by atoms with E-state index in [0.717, 1.165) is 0 Å². The average molecular weight is 132 g/mol. The number of hydrogen-bond acceptors (Lipinski definition) is 3. The molecule has 0 aromatic rings. The van der Waals surface area contributed by atoms with Crippen molar-refractivity contribution in [2.45, 2.75) is 20.0 Å². The van der Waals surface area contributed by atoms with E-state index >= 15 is 0 Å². The molecule has 0 unspecified atom stereocenters. The topological polar surface area (TPSA) is 78.8 Å². The van der Waals surface area contributed by atoms with Crippen molar-refractivity contribution in [3.63, 3.8) is 0 Å². The molecule has 0 amide bonds. The van der Waals surface area contributed by atoms with Crippen LogP contribution in [0.1, 0.15) is 13.8 Å². The molecule has 0 aromatic carbocycles. The van der Waals surface area contributed by atoms with Crippen molar-refractivity contribution < 1.29 is 10.3 Å². The monoisotopic (exact) mass is 132 g/mol. The second-order valence-electron chi connectivity index (χ2n) is 2.21. The number of oxime groups is 1. The SMILES string of the molecule is CC(C)[C@H](O)/C(N)=N/O. The van der Waals surface area contributed by atoms with Crippen LogP contribution in [0, 0.1) is 5.92 Å². The van der Waals surface area contributed by atoms with Crippen molar-refractivity contribution in [2.24, 2.45) is 16.8 Å². The third-order valence-electron chi connectivity index (χ3n) is 1.05. The van der Waals surface area contributed by atoms with Gasteiger partial charge in [0.05, 0.1) is 0 Å². The summed E-state index contributed by atoms with van der Waals surface area (Å²) in [5.41, 5.74) is 5.07. The van der Waals surface area contributed by atoms with E-state index in [1.807, 2.05) is 0 Å². The largest absolute Gasteiger partial charge is 0.409 e. The van der Waals surface area contributed by atoms with E-state index in [0.29, 0.717) is 0 Å². The summed E-state index contributed by atoms with van der Waals surface area (Å²) in [4.78, 5) is 0. The van der Waals surface area contributed by atoms with Gasteiger partial charge in [-0.1, -0.05) is 19.0 Å². The van der Waals surface area contributed by atoms with Crippen LogP contribution in [0.2, 0.25) is 0 Å². The summed E-state index contributed by atoms with van der Waals surface area (Å²) < 4.78 is 0. The quantitative estimate of drug-likeness (QED) is 0.210. The molecule has 9 heavy (non-hydrogen) atoms. The van der Waals surface area contributed by atoms with Crippen molar-refractivity contribution in [1.82, 2.24) is 0 Å². The number of aliphatic hydroxyl groups is 1. The van der Waals surface area contributed by atoms with Crippen LogP contribution in [0.15, 0.2) is 5.16 Å². The van der Waals surface area contributed by atoms with Gasteiger partial charge >= 0.3 is 0 Å². The van der Waals surface area contributed by atoms with Gasteiger partial charge in [-0.3, -0.25) is 0 Å². The first-order valence-corrected chi connectivity index (χ1v) is 2.75. The fraction of sp³-hybridized carbons (Fsp3) is 0.800. The third-order valence-corrected chi connectivity index (χ3v) is 1.05. The van der Waals surface area contributed by atoms with Crippen molar-refractivity contribution in [3.05, 3.63) is 0 Å². The number of nitrogens with zero attached hydrogens (tertiary/aromatic N) is 1. The summed E-state index contributed by atoms with van der Waals surface area (Å²) >= 11 is 0. The van der Waals surface area contributed by atoms with E-state index in [4.69, 9.17) is 16.0 Å². The maximum absolute atomic E-state index is 8.98. The molecule has 54 valence electrons. The highest BCUT2D eigenvalue weighted by Crippen LogP contribution is 1.99. The van der Waals surface area contributed by atoms with E-state index in [1.165, 1.54) is 0 Å². The fourth-order valence-electron chi connectivity index (χ4n) is 0.401. The molecular weight excluding hydrogens is 120 g/mol. The Morgan fingerprint density at radius 1 is 1.56 bits per heavy atom. The van der Waals surface area contributed by atoms with Gasteiger partial charge in [-0.2, -0.15) is 0 Å². The lowest BCUT2D eigenvalue weighted by Gasteiger charge is -2.10. The lowest BCUT2D eigenvalue weighted by Crippen LogP contribution is -2.32. The van der Waals surface area contributed by atoms with E-state index in [9.17, 15) is 0 Å². The Balaban J connectivity index is 3.88. The van der Waals surface area contributed by atoms with Crippen LogP contribution < -0.4 is 5.73 Å². The molecule has 0 aliphatic rings. The maximum Gasteiger partial charge on any atom is 0.168 e. The molecule has 0 heterocycles. The van der Waals surface area contributed by atoms with Crippen LogP contribution in [0.3, 0.4) is 0 Å². The van der Waals surface area contributed by atoms with Crippen LogP contribution in [0.25, 0.3) is 0 Å². The standard InChI is InChI=1S/C5H12N2O2/c1-3(2)4(8)5(6)7-9/h3-4,8-9H,1-2H3,(H2,6,7)/t4-/m0/s1. The van der Waals surface area contributed by atoms with Gasteiger partial charge in [-0.25, -0.2) is 0 Å². The van der Waals surface area contributed by atoms with Gasteiger partial charge in [0.25, 0.3) is 0 Å². The molecule has 0 aliphatic heterocycles. The van der Waals surface area contributed by atoms with Crippen LogP contribution in [0.5, 0.6) is 0 Å². The van der Waals surface area contributed by atoms with Crippen LogP contribution >= 0.6 is 0 Å². The summed E-state index contributed by atoms with van der Waals surface area (Å²) in [5, 5.41) is 19.7. The van der Waals surface area contributed by atoms with Crippen molar-refractivity contribution in [3.8, 4) is 0 Å². The number of amidine groups is 1. The van der Waals surface area contributed by atoms with Crippen LogP contribution in [-0.2, 0) is 0 Å². The average Bonchev–Trinajstić information content (AvgIpc) is 1.84. The van der Waals surface area contributed by atoms with E-state index in [1.54, 1.807) is 13.8 Å². The van der Waals surface area contributed by atoms with Crippen molar-refractivity contribution in [2.75, 3.05) is 0 Å². The Hall–Kier alpha value is -0.770. The first kappa shape index (κ1) is 8.23. The van der Waals surface area contributed by atoms with Crippen LogP contribution in [-0.4, -0.2) is 22.3 Å². The first-order chi connectivity index (χ1) is 4.09. The van der Waals surface area contributed by atoms with E-state index in [2.05, 4.69) is 5.16 Å². The zero-order valence-corrected chi connectivity index (χ0v) is 5.57. The maximum atomic E-state index is 8.98. The summed E-state index contributed by atoms with van der Waals surface area (Å²) in [5.74, 6) is -0.147. The highest BCUT2D eigenvalue weighted by molar-refractivity contribution is 5.84. The molecule has 0 bridgehead atoms. The van der Waals surface area contributed by atoms with Crippen molar-refractivity contribution >= 4 is 5.84 Å². The lowest BCUT2D eigenvalue weighted by molar-refractivity contribution is 0.181. The summed E-state index contributed by atoms with van der Waals surface area (Å²) in [7, 11) is 0. The molecule has 0 aromatic heterocycles. The molecule has 4 nitrogen and oxygen atoms in total. The van der Waals surface area contributed by atoms with Crippen molar-refractivity contribution in [1.29, 1.82) is 0 Å². The van der Waals surface area contributed by atoms with Gasteiger partial charge in [0.15, 0.2) is 5.84 Å². The number of aliphatic hydroxyl groups excluding tert-OH is 1. The third kappa shape index (κ3) is 2.32. The Bertz CT molecular complexity index is 112. The summed E-state index contributed by atoms with van der Waals surface area (Å²) in [6.07, 6.45) is -0.838. The minimum Gasteiger partial charge on any atom is -0.409 e. The van der Waals surface area contributed by atoms with Crippen LogP contribution in [0.4, 0.5) is 0 Å². The Morgan fingerprint density at radius 2 is 2.00 bits per heavy atom. The molecule has 0 radical (unpaired) electrons. The lowest BCUT2D eigenvalue weighted by atomic mass is 10.1. The van der Waals surface area contributed by atoms with Gasteiger partial charge in [0, 0.05) is 0 Å². The predicted octanol–water partition coefficient (Wildman–Crippen LogP) is -0.250. The molecule has 0 fully saturated rings. The number of nitrogens with two attached hydrogens (primary N) is 1. The molecule has 0 aliphatic carbocycles. The van der Waals surface area contributed by atoms with Gasteiger partial charge in [0.1, 0.15) is 6.10 Å². The fourth-order valence-corrected chi connectivity index (χ4v) is 0.401. The van der Waals surface area contributed by atoms with E-state index in [-0.39, 0.29) is 11.8 Å². The molecule has 0 saturated carbocycles. The number of hydrogen-bond donors (Lipinski definition) is 3. The molecule has 4 N–H and O–H groups in total. The highest BCUT2D eigenvalue weighted by Gasteiger charge is 2.12. The zero-order valence-electron chi connectivity index (χ0n) is 5.57. The second kappa shape index (κ2) is 3.29. The molecule has 0 rings (SSSR count). The van der Waals surface area contributed by atoms with Gasteiger partial charge in [-0.05, 0) is 5.92 Å².